The van der Waals surface area contributed by atoms with Gasteiger partial charge in [-0.25, -0.2) is 14.6 Å². The lowest BCUT2D eigenvalue weighted by Gasteiger charge is -2.12. The topological polar surface area (TPSA) is 121 Å². The lowest BCUT2D eigenvalue weighted by atomic mass is 10.1. The Balaban J connectivity index is 1.98. The number of hydrogen-bond donors (Lipinski definition) is 1. The molecule has 0 fully saturated rings. The molecule has 1 N–H and O–H groups in total. The number of aryl methyl sites for hydroxylation is 1. The van der Waals surface area contributed by atoms with E-state index in [1.165, 1.54) is 7.11 Å². The number of carbonyl (C=O) groups is 3. The van der Waals surface area contributed by atoms with Crippen molar-refractivity contribution in [2.24, 2.45) is 4.99 Å². The highest BCUT2D eigenvalue weighted by atomic mass is 32.2. The maximum absolute atomic E-state index is 12.9. The lowest BCUT2D eigenvalue weighted by molar-refractivity contribution is -0.143. The Labute approximate surface area is 218 Å². The highest BCUT2D eigenvalue weighted by Crippen LogP contribution is 2.40. The molecular formula is C27H27NO8S. The summed E-state index contributed by atoms with van der Waals surface area (Å²) >= 11 is 0.977. The van der Waals surface area contributed by atoms with Gasteiger partial charge >= 0.3 is 11.9 Å². The van der Waals surface area contributed by atoms with Gasteiger partial charge in [-0.2, -0.15) is 0 Å². The van der Waals surface area contributed by atoms with Crippen LogP contribution in [0.1, 0.15) is 35.3 Å². The molecule has 0 saturated heterocycles. The molecule has 0 aliphatic carbocycles. The fourth-order valence-electron chi connectivity index (χ4n) is 3.31. The summed E-state index contributed by atoms with van der Waals surface area (Å²) in [5.74, 6) is -1.49. The Bertz CT molecular complexity index is 1300. The molecule has 37 heavy (non-hydrogen) atoms. The summed E-state index contributed by atoms with van der Waals surface area (Å²) in [6, 6.07) is 11.9. The van der Waals surface area contributed by atoms with Gasteiger partial charge in [0.2, 0.25) is 0 Å². The third kappa shape index (κ3) is 6.79. The van der Waals surface area contributed by atoms with Gasteiger partial charge < -0.3 is 24.1 Å². The number of amides is 1. The molecule has 1 aliphatic rings. The number of thioether (sulfide) groups is 1. The number of benzene rings is 2. The third-order valence-corrected chi connectivity index (χ3v) is 6.11. The Morgan fingerprint density at radius 1 is 1.03 bits per heavy atom. The standard InChI is InChI=1S/C27H27NO8S/c1-5-34-20-13-17(11-12-19(20)36-15-22(29)33-4)14-21-24(30)23(27(32)35-6-2)26(37-21)28-25(31)18-10-8-7-9-16(18)3/h7-14,30H,5-6,15H2,1-4H3/b21-14-,28-26?. The molecule has 1 aliphatic heterocycles. The number of ether oxygens (including phenoxy) is 4. The maximum atomic E-state index is 12.9. The van der Waals surface area contributed by atoms with Gasteiger partial charge in [-0.05, 0) is 56.2 Å². The van der Waals surface area contributed by atoms with Crippen LogP contribution in [0.25, 0.3) is 6.08 Å². The SMILES string of the molecule is CCOC(=O)C1=C(O)/C(=C/c2ccc(OCC(=O)OC)c(OCC)c2)SC1=NC(=O)c1ccccc1C. The van der Waals surface area contributed by atoms with Crippen LogP contribution in [0.4, 0.5) is 0 Å². The van der Waals surface area contributed by atoms with E-state index in [0.29, 0.717) is 34.1 Å². The Hall–Kier alpha value is -4.05. The molecule has 3 rings (SSSR count). The second-order valence-electron chi connectivity index (χ2n) is 7.60. The number of aliphatic hydroxyl groups excluding tert-OH is 1. The van der Waals surface area contributed by atoms with Gasteiger partial charge in [-0.1, -0.05) is 36.0 Å². The van der Waals surface area contributed by atoms with Crippen molar-refractivity contribution in [1.82, 2.24) is 0 Å². The number of aliphatic imine (C=N–C) groups is 1. The summed E-state index contributed by atoms with van der Waals surface area (Å²) in [4.78, 5) is 41.4. The van der Waals surface area contributed by atoms with E-state index in [1.807, 2.05) is 6.07 Å². The number of nitrogens with zero attached hydrogens (tertiary/aromatic N) is 1. The lowest BCUT2D eigenvalue weighted by Crippen LogP contribution is -2.14. The van der Waals surface area contributed by atoms with Crippen molar-refractivity contribution < 1.29 is 38.4 Å². The first-order chi connectivity index (χ1) is 17.8. The van der Waals surface area contributed by atoms with Crippen molar-refractivity contribution in [3.63, 3.8) is 0 Å². The number of hydrogen-bond acceptors (Lipinski definition) is 9. The minimum absolute atomic E-state index is 0.0403. The van der Waals surface area contributed by atoms with E-state index in [9.17, 15) is 19.5 Å². The maximum Gasteiger partial charge on any atom is 0.344 e. The van der Waals surface area contributed by atoms with Gasteiger partial charge in [0.25, 0.3) is 5.91 Å². The molecule has 0 radical (unpaired) electrons. The second-order valence-corrected chi connectivity index (χ2v) is 8.63. The predicted octanol–water partition coefficient (Wildman–Crippen LogP) is 4.65. The van der Waals surface area contributed by atoms with E-state index in [2.05, 4.69) is 9.73 Å². The number of methoxy groups -OCH3 is 1. The molecule has 1 amide bonds. The molecule has 194 valence electrons. The third-order valence-electron chi connectivity index (χ3n) is 5.09. The number of esters is 2. The molecule has 0 atom stereocenters. The smallest absolute Gasteiger partial charge is 0.344 e. The molecule has 10 heteroatoms. The van der Waals surface area contributed by atoms with Crippen LogP contribution in [0.15, 0.2) is 63.7 Å². The number of rotatable bonds is 9. The summed E-state index contributed by atoms with van der Waals surface area (Å²) in [6.45, 7) is 5.38. The molecule has 2 aromatic carbocycles. The molecule has 2 aromatic rings. The molecule has 0 aromatic heterocycles. The zero-order valence-electron chi connectivity index (χ0n) is 20.9. The molecule has 0 unspecified atom stereocenters. The van der Waals surface area contributed by atoms with Crippen molar-refractivity contribution in [3.8, 4) is 11.5 Å². The molecule has 1 heterocycles. The van der Waals surface area contributed by atoms with Crippen molar-refractivity contribution in [1.29, 1.82) is 0 Å². The van der Waals surface area contributed by atoms with E-state index in [0.717, 1.165) is 17.3 Å². The van der Waals surface area contributed by atoms with Crippen molar-refractivity contribution >= 4 is 40.7 Å². The first kappa shape index (κ1) is 27.5. The summed E-state index contributed by atoms with van der Waals surface area (Å²) < 4.78 is 20.8. The summed E-state index contributed by atoms with van der Waals surface area (Å²) in [5, 5.41) is 10.9. The van der Waals surface area contributed by atoms with Gasteiger partial charge in [-0.3, -0.25) is 4.79 Å². The summed E-state index contributed by atoms with van der Waals surface area (Å²) in [7, 11) is 1.26. The van der Waals surface area contributed by atoms with E-state index in [-0.39, 0.29) is 29.6 Å². The fraction of sp³-hybridized carbons (Fsp3) is 0.259. The van der Waals surface area contributed by atoms with Gasteiger partial charge in [0.1, 0.15) is 16.4 Å². The Kier molecular flexibility index (Phi) is 9.51. The molecule has 9 nitrogen and oxygen atoms in total. The highest BCUT2D eigenvalue weighted by Gasteiger charge is 2.34. The van der Waals surface area contributed by atoms with Crippen molar-refractivity contribution in [2.75, 3.05) is 26.9 Å². The summed E-state index contributed by atoms with van der Waals surface area (Å²) in [6.07, 6.45) is 1.62. The van der Waals surface area contributed by atoms with Gasteiger partial charge in [0, 0.05) is 5.56 Å². The minimum atomic E-state index is -0.784. The largest absolute Gasteiger partial charge is 0.506 e. The van der Waals surface area contributed by atoms with Crippen LogP contribution < -0.4 is 9.47 Å². The fourth-order valence-corrected chi connectivity index (χ4v) is 4.32. The minimum Gasteiger partial charge on any atom is -0.506 e. The zero-order valence-corrected chi connectivity index (χ0v) is 21.7. The number of carbonyl (C=O) groups excluding carboxylic acids is 3. The van der Waals surface area contributed by atoms with Crippen molar-refractivity contribution in [2.45, 2.75) is 20.8 Å². The molecule has 0 saturated carbocycles. The Morgan fingerprint density at radius 2 is 1.78 bits per heavy atom. The molecule has 0 bridgehead atoms. The average molecular weight is 526 g/mol. The van der Waals surface area contributed by atoms with E-state index < -0.39 is 17.8 Å². The first-order valence-electron chi connectivity index (χ1n) is 11.4. The van der Waals surface area contributed by atoms with Crippen LogP contribution in [-0.2, 0) is 19.1 Å². The second kappa shape index (κ2) is 12.8. The molecule has 0 spiro atoms. The van der Waals surface area contributed by atoms with E-state index in [4.69, 9.17) is 14.2 Å². The van der Waals surface area contributed by atoms with Crippen LogP contribution in [0.2, 0.25) is 0 Å². The normalized spacial score (nSPS) is 15.1. The van der Waals surface area contributed by atoms with Crippen LogP contribution in [0.3, 0.4) is 0 Å². The first-order valence-corrected chi connectivity index (χ1v) is 12.3. The van der Waals surface area contributed by atoms with Crippen LogP contribution in [0, 0.1) is 6.92 Å². The van der Waals surface area contributed by atoms with E-state index >= 15 is 0 Å². The zero-order chi connectivity index (χ0) is 26.9. The van der Waals surface area contributed by atoms with Crippen LogP contribution in [0.5, 0.6) is 11.5 Å². The Morgan fingerprint density at radius 3 is 2.46 bits per heavy atom. The van der Waals surface area contributed by atoms with Gasteiger partial charge in [0.05, 0.1) is 25.2 Å². The van der Waals surface area contributed by atoms with Crippen LogP contribution >= 0.6 is 11.8 Å². The average Bonchev–Trinajstić information content (AvgIpc) is 3.17. The highest BCUT2D eigenvalue weighted by molar-refractivity contribution is 8.18. The quantitative estimate of drug-likeness (QED) is 0.467. The molecular weight excluding hydrogens is 498 g/mol. The summed E-state index contributed by atoms with van der Waals surface area (Å²) in [5.41, 5.74) is 1.56. The van der Waals surface area contributed by atoms with E-state index in [1.54, 1.807) is 63.2 Å². The number of aliphatic hydroxyl groups is 1. The van der Waals surface area contributed by atoms with Gasteiger partial charge in [0.15, 0.2) is 18.1 Å². The monoisotopic (exact) mass is 525 g/mol. The predicted molar refractivity (Wildman–Crippen MR) is 140 cm³/mol. The van der Waals surface area contributed by atoms with Crippen molar-refractivity contribution in [3.05, 3.63) is 75.4 Å². The van der Waals surface area contributed by atoms with Gasteiger partial charge in [-0.15, -0.1) is 0 Å². The van der Waals surface area contributed by atoms with Crippen LogP contribution in [-0.4, -0.2) is 54.9 Å².